The molecule has 4 rings (SSSR count). The van der Waals surface area contributed by atoms with E-state index in [0.29, 0.717) is 24.4 Å². The highest BCUT2D eigenvalue weighted by molar-refractivity contribution is 5.79. The number of likely N-dealkylation sites (tertiary alicyclic amines) is 1. The van der Waals surface area contributed by atoms with Crippen LogP contribution in [0.3, 0.4) is 0 Å². The van der Waals surface area contributed by atoms with E-state index in [4.69, 9.17) is 4.52 Å². The molecule has 1 amide bonds. The lowest BCUT2D eigenvalue weighted by Gasteiger charge is -2.32. The Morgan fingerprint density at radius 3 is 2.62 bits per heavy atom. The molecule has 1 N–H and O–H groups in total. The SMILES string of the molecule is Cc1cc(-c2cc(=O)[nH]nc2C2CCN(C(=O)Cc3ccc(F)cc3)CC2)on1. The number of benzene rings is 1. The van der Waals surface area contributed by atoms with E-state index in [9.17, 15) is 14.0 Å². The van der Waals surface area contributed by atoms with Crippen LogP contribution in [0.5, 0.6) is 0 Å². The molecule has 7 nitrogen and oxygen atoms in total. The van der Waals surface area contributed by atoms with Gasteiger partial charge < -0.3 is 9.42 Å². The van der Waals surface area contributed by atoms with E-state index in [2.05, 4.69) is 15.4 Å². The zero-order valence-corrected chi connectivity index (χ0v) is 16.0. The molecule has 150 valence electrons. The van der Waals surface area contributed by atoms with Gasteiger partial charge in [0.25, 0.3) is 5.56 Å². The van der Waals surface area contributed by atoms with Gasteiger partial charge in [-0.1, -0.05) is 17.3 Å². The standard InChI is InChI=1S/C21H21FN4O3/c1-13-10-18(29-25-13)17-12-19(27)23-24-21(17)15-6-8-26(9-7-15)20(28)11-14-2-4-16(22)5-3-14/h2-5,10,12,15H,6-9,11H2,1H3,(H,23,27). The van der Waals surface area contributed by atoms with Crippen LogP contribution in [-0.4, -0.2) is 39.3 Å². The van der Waals surface area contributed by atoms with Crippen LogP contribution in [0.1, 0.15) is 35.7 Å². The monoisotopic (exact) mass is 396 g/mol. The summed E-state index contributed by atoms with van der Waals surface area (Å²) in [6, 6.07) is 9.26. The highest BCUT2D eigenvalue weighted by atomic mass is 19.1. The molecule has 1 saturated heterocycles. The van der Waals surface area contributed by atoms with E-state index in [0.717, 1.165) is 29.8 Å². The number of halogens is 1. The van der Waals surface area contributed by atoms with Gasteiger partial charge >= 0.3 is 0 Å². The molecule has 1 aliphatic heterocycles. The first-order chi connectivity index (χ1) is 14.0. The summed E-state index contributed by atoms with van der Waals surface area (Å²) >= 11 is 0. The van der Waals surface area contributed by atoms with E-state index in [1.165, 1.54) is 18.2 Å². The number of hydrogen-bond donors (Lipinski definition) is 1. The van der Waals surface area contributed by atoms with Crippen LogP contribution < -0.4 is 5.56 Å². The molecule has 3 heterocycles. The summed E-state index contributed by atoms with van der Waals surface area (Å²) in [5.41, 5.74) is 2.62. The summed E-state index contributed by atoms with van der Waals surface area (Å²) < 4.78 is 18.4. The van der Waals surface area contributed by atoms with Gasteiger partial charge in [-0.3, -0.25) is 9.59 Å². The number of aromatic nitrogens is 3. The average Bonchev–Trinajstić information content (AvgIpc) is 3.16. The molecule has 29 heavy (non-hydrogen) atoms. The maximum atomic E-state index is 13.0. The second-order valence-corrected chi connectivity index (χ2v) is 7.32. The lowest BCUT2D eigenvalue weighted by atomic mass is 9.90. The van der Waals surface area contributed by atoms with Crippen molar-refractivity contribution in [3.63, 3.8) is 0 Å². The fourth-order valence-corrected chi connectivity index (χ4v) is 3.70. The number of hydrogen-bond acceptors (Lipinski definition) is 5. The number of rotatable bonds is 4. The second kappa shape index (κ2) is 7.98. The summed E-state index contributed by atoms with van der Waals surface area (Å²) in [5, 5.41) is 10.7. The molecule has 0 bridgehead atoms. The van der Waals surface area contributed by atoms with Crippen LogP contribution in [-0.2, 0) is 11.2 Å². The van der Waals surface area contributed by atoms with E-state index in [1.54, 1.807) is 18.2 Å². The van der Waals surface area contributed by atoms with Gasteiger partial charge in [0.15, 0.2) is 5.76 Å². The number of aromatic amines is 1. The van der Waals surface area contributed by atoms with Crippen LogP contribution in [0.15, 0.2) is 45.7 Å². The summed E-state index contributed by atoms with van der Waals surface area (Å²) in [6.45, 7) is 3.01. The summed E-state index contributed by atoms with van der Waals surface area (Å²) in [6.07, 6.45) is 1.72. The highest BCUT2D eigenvalue weighted by Crippen LogP contribution is 2.33. The zero-order valence-electron chi connectivity index (χ0n) is 16.0. The number of piperidine rings is 1. The fourth-order valence-electron chi connectivity index (χ4n) is 3.70. The average molecular weight is 396 g/mol. The van der Waals surface area contributed by atoms with Gasteiger partial charge in [-0.2, -0.15) is 5.10 Å². The molecule has 1 aliphatic rings. The van der Waals surface area contributed by atoms with Gasteiger partial charge in [0.2, 0.25) is 5.91 Å². The van der Waals surface area contributed by atoms with Gasteiger partial charge in [0, 0.05) is 36.7 Å². The number of H-pyrrole nitrogens is 1. The first-order valence-electron chi connectivity index (χ1n) is 9.55. The minimum absolute atomic E-state index is 0.0237. The van der Waals surface area contributed by atoms with Crippen molar-refractivity contribution in [1.29, 1.82) is 0 Å². The number of nitrogens with zero attached hydrogens (tertiary/aromatic N) is 3. The lowest BCUT2D eigenvalue weighted by molar-refractivity contribution is -0.131. The zero-order chi connectivity index (χ0) is 20.4. The van der Waals surface area contributed by atoms with Crippen molar-refractivity contribution in [2.45, 2.75) is 32.1 Å². The van der Waals surface area contributed by atoms with E-state index in [1.807, 2.05) is 11.8 Å². The third-order valence-electron chi connectivity index (χ3n) is 5.23. The smallest absolute Gasteiger partial charge is 0.264 e. The predicted octanol–water partition coefficient (Wildman–Crippen LogP) is 2.82. The molecule has 2 aromatic heterocycles. The molecule has 0 spiro atoms. The molecule has 0 unspecified atom stereocenters. The van der Waals surface area contributed by atoms with Gasteiger partial charge in [0.1, 0.15) is 5.82 Å². The Kier molecular flexibility index (Phi) is 5.24. The number of carbonyl (C=O) groups excluding carboxylic acids is 1. The van der Waals surface area contributed by atoms with Crippen molar-refractivity contribution in [1.82, 2.24) is 20.3 Å². The van der Waals surface area contributed by atoms with Crippen LogP contribution in [0, 0.1) is 12.7 Å². The lowest BCUT2D eigenvalue weighted by Crippen LogP contribution is -2.39. The quantitative estimate of drug-likeness (QED) is 0.732. The summed E-state index contributed by atoms with van der Waals surface area (Å²) in [7, 11) is 0. The van der Waals surface area contributed by atoms with Crippen LogP contribution in [0.25, 0.3) is 11.3 Å². The first kappa shape index (κ1) is 19.0. The summed E-state index contributed by atoms with van der Waals surface area (Å²) in [5.74, 6) is 0.330. The molecule has 1 fully saturated rings. The molecule has 0 atom stereocenters. The molecule has 8 heteroatoms. The van der Waals surface area contributed by atoms with Gasteiger partial charge in [-0.05, 0) is 37.5 Å². The third-order valence-corrected chi connectivity index (χ3v) is 5.23. The minimum Gasteiger partial charge on any atom is -0.356 e. The largest absolute Gasteiger partial charge is 0.356 e. The summed E-state index contributed by atoms with van der Waals surface area (Å²) in [4.78, 5) is 26.2. The Balaban J connectivity index is 1.45. The number of nitrogens with one attached hydrogen (secondary N) is 1. The number of amides is 1. The Hall–Kier alpha value is -3.29. The van der Waals surface area contributed by atoms with Crippen LogP contribution in [0.4, 0.5) is 4.39 Å². The minimum atomic E-state index is -0.312. The third kappa shape index (κ3) is 4.26. The van der Waals surface area contributed by atoms with Crippen LogP contribution in [0.2, 0.25) is 0 Å². The van der Waals surface area contributed by atoms with E-state index >= 15 is 0 Å². The number of carbonyl (C=O) groups is 1. The van der Waals surface area contributed by atoms with Crippen molar-refractivity contribution >= 4 is 5.91 Å². The van der Waals surface area contributed by atoms with Crippen molar-refractivity contribution in [3.8, 4) is 11.3 Å². The normalized spacial score (nSPS) is 14.9. The second-order valence-electron chi connectivity index (χ2n) is 7.32. The van der Waals surface area contributed by atoms with Gasteiger partial charge in [0.05, 0.1) is 17.8 Å². The van der Waals surface area contributed by atoms with Gasteiger partial charge in [-0.25, -0.2) is 9.49 Å². The maximum Gasteiger partial charge on any atom is 0.264 e. The Morgan fingerprint density at radius 1 is 1.24 bits per heavy atom. The first-order valence-corrected chi connectivity index (χ1v) is 9.55. The maximum absolute atomic E-state index is 13.0. The Bertz CT molecular complexity index is 1070. The van der Waals surface area contributed by atoms with Crippen LogP contribution >= 0.6 is 0 Å². The van der Waals surface area contributed by atoms with Crippen molar-refractivity contribution in [2.75, 3.05) is 13.1 Å². The molecule has 1 aromatic carbocycles. The molecular formula is C21H21FN4O3. The Labute approximate surface area is 166 Å². The van der Waals surface area contributed by atoms with E-state index in [-0.39, 0.29) is 29.6 Å². The molecule has 0 radical (unpaired) electrons. The Morgan fingerprint density at radius 2 is 1.97 bits per heavy atom. The van der Waals surface area contributed by atoms with Gasteiger partial charge in [-0.15, -0.1) is 0 Å². The highest BCUT2D eigenvalue weighted by Gasteiger charge is 2.27. The van der Waals surface area contributed by atoms with Crippen molar-refractivity contribution < 1.29 is 13.7 Å². The topological polar surface area (TPSA) is 92.1 Å². The number of aryl methyl sites for hydroxylation is 1. The molecular weight excluding hydrogens is 375 g/mol. The predicted molar refractivity (Wildman–Crippen MR) is 104 cm³/mol. The fraction of sp³-hybridized carbons (Fsp3) is 0.333. The van der Waals surface area contributed by atoms with E-state index < -0.39 is 0 Å². The molecule has 0 aliphatic carbocycles. The molecule has 3 aromatic rings. The van der Waals surface area contributed by atoms with Crippen molar-refractivity contribution in [3.05, 3.63) is 69.5 Å². The van der Waals surface area contributed by atoms with Crippen molar-refractivity contribution in [2.24, 2.45) is 0 Å². The molecule has 0 saturated carbocycles.